The van der Waals surface area contributed by atoms with E-state index in [1.165, 1.54) is 27.7 Å². The monoisotopic (exact) mass is 328 g/mol. The molecule has 0 saturated heterocycles. The van der Waals surface area contributed by atoms with Crippen molar-refractivity contribution in [3.8, 4) is 0 Å². The summed E-state index contributed by atoms with van der Waals surface area (Å²) < 4.78 is 29.8. The molecule has 0 spiro atoms. The number of carbonyl (C=O) groups is 1. The third-order valence-corrected chi connectivity index (χ3v) is 3.27. The molecule has 2 rings (SSSR count). The molecule has 9 nitrogen and oxygen atoms in total. The van der Waals surface area contributed by atoms with Crippen molar-refractivity contribution in [2.24, 2.45) is 0 Å². The lowest BCUT2D eigenvalue weighted by atomic mass is 10.2. The number of ketones is 1. The van der Waals surface area contributed by atoms with Crippen molar-refractivity contribution in [1.29, 1.82) is 0 Å². The lowest BCUT2D eigenvalue weighted by molar-refractivity contribution is -0.231. The summed E-state index contributed by atoms with van der Waals surface area (Å²) in [5.74, 6) is -2.98. The molecule has 0 atom stereocenters. The van der Waals surface area contributed by atoms with E-state index in [4.69, 9.17) is 27.1 Å². The molecule has 2 aromatic rings. The van der Waals surface area contributed by atoms with Gasteiger partial charge >= 0.3 is 11.6 Å². The van der Waals surface area contributed by atoms with E-state index in [2.05, 4.69) is 0 Å². The maximum absolute atomic E-state index is 11.8. The molecule has 0 radical (unpaired) electrons. The lowest BCUT2D eigenvalue weighted by Gasteiger charge is -2.26. The van der Waals surface area contributed by atoms with Crippen LogP contribution < -0.4 is 11.6 Å². The van der Waals surface area contributed by atoms with Gasteiger partial charge in [0.2, 0.25) is 5.79 Å². The molecule has 0 aliphatic rings. The molecule has 2 heterocycles. The third-order valence-electron chi connectivity index (χ3n) is 3.27. The fraction of sp³-hybridized carbons (Fsp3) is 0.500. The topological polar surface area (TPSA) is 122 Å². The quantitative estimate of drug-likeness (QED) is 0.694. The van der Waals surface area contributed by atoms with E-state index in [1.54, 1.807) is 0 Å². The van der Waals surface area contributed by atoms with Gasteiger partial charge in [0.05, 0.1) is 0 Å². The number of hydrogen-bond acceptors (Lipinski definition) is 9. The second kappa shape index (κ2) is 6.39. The van der Waals surface area contributed by atoms with Crippen molar-refractivity contribution in [2.75, 3.05) is 0 Å². The number of aryl methyl sites for hydroxylation is 2. The number of rotatable bonds is 7. The zero-order chi connectivity index (χ0) is 17.2. The first-order valence-electron chi connectivity index (χ1n) is 6.69. The largest absolute Gasteiger partial charge is 0.519 e. The van der Waals surface area contributed by atoms with Crippen LogP contribution in [0.3, 0.4) is 0 Å². The fourth-order valence-electron chi connectivity index (χ4n) is 1.66. The van der Waals surface area contributed by atoms with E-state index in [1.807, 2.05) is 0 Å². The van der Waals surface area contributed by atoms with E-state index < -0.39 is 23.2 Å². The van der Waals surface area contributed by atoms with Crippen LogP contribution >= 0.6 is 0 Å². The molecule has 0 bridgehead atoms. The van der Waals surface area contributed by atoms with Crippen LogP contribution in [0.2, 0.25) is 0 Å². The molecule has 2 aromatic heterocycles. The molecule has 126 valence electrons. The number of hydrogen-bond donors (Lipinski definition) is 0. The first kappa shape index (κ1) is 17.0. The van der Waals surface area contributed by atoms with E-state index in [0.29, 0.717) is 0 Å². The van der Waals surface area contributed by atoms with Crippen LogP contribution in [-0.2, 0) is 27.5 Å². The van der Waals surface area contributed by atoms with Crippen LogP contribution in [0.5, 0.6) is 0 Å². The standard InChI is InChI=1S/C14H16O9/c1-7-10(22-12(16)20-7)5-18-14(4,9(3)15)19-6-11-8(2)21-13(17)23-11/h5-6H2,1-4H3. The molecule has 0 amide bonds. The maximum Gasteiger partial charge on any atom is 0.519 e. The van der Waals surface area contributed by atoms with Gasteiger partial charge in [0.15, 0.2) is 17.3 Å². The highest BCUT2D eigenvalue weighted by atomic mass is 16.7. The zero-order valence-corrected chi connectivity index (χ0v) is 13.1. The second-order valence-corrected chi connectivity index (χ2v) is 4.95. The highest BCUT2D eigenvalue weighted by Gasteiger charge is 2.34. The summed E-state index contributed by atoms with van der Waals surface area (Å²) >= 11 is 0. The predicted molar refractivity (Wildman–Crippen MR) is 72.6 cm³/mol. The van der Waals surface area contributed by atoms with Gasteiger partial charge in [-0.05, 0) is 20.8 Å². The van der Waals surface area contributed by atoms with Crippen molar-refractivity contribution in [1.82, 2.24) is 0 Å². The molecule has 0 aliphatic heterocycles. The Labute approximate surface area is 129 Å². The minimum atomic E-state index is -1.63. The van der Waals surface area contributed by atoms with Crippen LogP contribution in [0.15, 0.2) is 27.3 Å². The third kappa shape index (κ3) is 3.88. The number of carbonyl (C=O) groups excluding carboxylic acids is 1. The molecular weight excluding hydrogens is 312 g/mol. The molecule has 23 heavy (non-hydrogen) atoms. The maximum atomic E-state index is 11.8. The van der Waals surface area contributed by atoms with Gasteiger partial charge in [-0.15, -0.1) is 0 Å². The number of ether oxygens (including phenoxy) is 2. The lowest BCUT2D eigenvalue weighted by Crippen LogP contribution is -2.39. The van der Waals surface area contributed by atoms with Crippen molar-refractivity contribution in [2.45, 2.75) is 46.7 Å². The SMILES string of the molecule is CC(=O)C(C)(OCc1oc(=O)oc1C)OCc1oc(=O)oc1C. The van der Waals surface area contributed by atoms with Gasteiger partial charge in [-0.3, -0.25) is 4.79 Å². The highest BCUT2D eigenvalue weighted by Crippen LogP contribution is 2.21. The average molecular weight is 328 g/mol. The van der Waals surface area contributed by atoms with Crippen molar-refractivity contribution < 1.29 is 31.9 Å². The van der Waals surface area contributed by atoms with Gasteiger partial charge < -0.3 is 27.1 Å². The molecule has 0 aromatic carbocycles. The first-order chi connectivity index (χ1) is 10.7. The van der Waals surface area contributed by atoms with Crippen LogP contribution in [0, 0.1) is 13.8 Å². The normalized spacial score (nSPS) is 11.8. The Bertz CT molecular complexity index is 743. The fourth-order valence-corrected chi connectivity index (χ4v) is 1.66. The zero-order valence-electron chi connectivity index (χ0n) is 13.1. The first-order valence-corrected chi connectivity index (χ1v) is 6.69. The Morgan fingerprint density at radius 2 is 1.30 bits per heavy atom. The highest BCUT2D eigenvalue weighted by molar-refractivity contribution is 5.82. The molecule has 0 fully saturated rings. The summed E-state index contributed by atoms with van der Waals surface area (Å²) in [5.41, 5.74) is 0. The van der Waals surface area contributed by atoms with E-state index in [0.717, 1.165) is 0 Å². The van der Waals surface area contributed by atoms with Crippen molar-refractivity contribution in [3.63, 3.8) is 0 Å². The predicted octanol–water partition coefficient (Wildman–Crippen LogP) is 1.43. The Morgan fingerprint density at radius 1 is 0.913 bits per heavy atom. The molecule has 0 saturated carbocycles. The minimum Gasteiger partial charge on any atom is -0.396 e. The van der Waals surface area contributed by atoms with Crippen LogP contribution in [0.25, 0.3) is 0 Å². The van der Waals surface area contributed by atoms with Crippen LogP contribution in [0.4, 0.5) is 0 Å². The van der Waals surface area contributed by atoms with Gasteiger partial charge in [-0.25, -0.2) is 9.59 Å². The van der Waals surface area contributed by atoms with Gasteiger partial charge in [0.1, 0.15) is 24.7 Å². The van der Waals surface area contributed by atoms with E-state index in [9.17, 15) is 14.4 Å². The molecular formula is C14H16O9. The molecule has 0 N–H and O–H groups in total. The van der Waals surface area contributed by atoms with E-state index in [-0.39, 0.29) is 36.3 Å². The van der Waals surface area contributed by atoms with Gasteiger partial charge in [-0.2, -0.15) is 0 Å². The average Bonchev–Trinajstić information content (AvgIpc) is 2.95. The molecule has 0 aliphatic carbocycles. The minimum absolute atomic E-state index is 0.150. The summed E-state index contributed by atoms with van der Waals surface area (Å²) in [6.07, 6.45) is 0. The Morgan fingerprint density at radius 3 is 1.57 bits per heavy atom. The summed E-state index contributed by atoms with van der Waals surface area (Å²) in [4.78, 5) is 33.8. The molecule has 9 heteroatoms. The summed E-state index contributed by atoms with van der Waals surface area (Å²) in [6, 6.07) is 0. The van der Waals surface area contributed by atoms with Gasteiger partial charge in [0.25, 0.3) is 0 Å². The van der Waals surface area contributed by atoms with Crippen LogP contribution in [-0.4, -0.2) is 11.6 Å². The Balaban J connectivity index is 2.07. The summed E-state index contributed by atoms with van der Waals surface area (Å²) in [7, 11) is 0. The summed E-state index contributed by atoms with van der Waals surface area (Å²) in [6.45, 7) is 5.31. The van der Waals surface area contributed by atoms with Gasteiger partial charge in [0, 0.05) is 6.92 Å². The van der Waals surface area contributed by atoms with E-state index >= 15 is 0 Å². The number of Topliss-reactive ketones (excluding diaryl/α,β-unsaturated/α-hetero) is 1. The Hall–Kier alpha value is -2.39. The molecule has 0 unspecified atom stereocenters. The van der Waals surface area contributed by atoms with Crippen LogP contribution in [0.1, 0.15) is 36.9 Å². The Kier molecular flexibility index (Phi) is 4.71. The van der Waals surface area contributed by atoms with Crippen molar-refractivity contribution in [3.05, 3.63) is 44.3 Å². The smallest absolute Gasteiger partial charge is 0.396 e. The summed E-state index contributed by atoms with van der Waals surface area (Å²) in [5, 5.41) is 0. The van der Waals surface area contributed by atoms with Gasteiger partial charge in [-0.1, -0.05) is 0 Å². The second-order valence-electron chi connectivity index (χ2n) is 4.95. The van der Waals surface area contributed by atoms with Crippen molar-refractivity contribution >= 4 is 5.78 Å².